The van der Waals surface area contributed by atoms with Crippen LogP contribution in [0.15, 0.2) is 41.8 Å². The van der Waals surface area contributed by atoms with Gasteiger partial charge in [-0.1, -0.05) is 18.2 Å². The van der Waals surface area contributed by atoms with E-state index < -0.39 is 10.0 Å². The predicted molar refractivity (Wildman–Crippen MR) is 78.4 cm³/mol. The minimum atomic E-state index is -3.59. The SMILES string of the molecule is C=CCCC(C)NCCc1ccc(S(N)(=O)=O)cc1. The maximum absolute atomic E-state index is 11.1. The highest BCUT2D eigenvalue weighted by molar-refractivity contribution is 7.89. The molecule has 1 aromatic rings. The summed E-state index contributed by atoms with van der Waals surface area (Å²) >= 11 is 0. The Morgan fingerprint density at radius 1 is 1.37 bits per heavy atom. The van der Waals surface area contributed by atoms with Crippen LogP contribution in [0.5, 0.6) is 0 Å². The van der Waals surface area contributed by atoms with Crippen LogP contribution in [-0.4, -0.2) is 21.0 Å². The zero-order valence-corrected chi connectivity index (χ0v) is 12.1. The second-order valence-electron chi connectivity index (χ2n) is 4.66. The van der Waals surface area contributed by atoms with Crippen molar-refractivity contribution < 1.29 is 8.42 Å². The molecule has 4 nitrogen and oxygen atoms in total. The molecule has 0 amide bonds. The van der Waals surface area contributed by atoms with Crippen LogP contribution in [0.2, 0.25) is 0 Å². The van der Waals surface area contributed by atoms with Gasteiger partial charge in [0.25, 0.3) is 0 Å². The lowest BCUT2D eigenvalue weighted by Crippen LogP contribution is -2.27. The highest BCUT2D eigenvalue weighted by Gasteiger charge is 2.06. The van der Waals surface area contributed by atoms with E-state index in [-0.39, 0.29) is 4.90 Å². The Balaban J connectivity index is 2.40. The Morgan fingerprint density at radius 2 is 2.00 bits per heavy atom. The van der Waals surface area contributed by atoms with Gasteiger partial charge in [0.15, 0.2) is 0 Å². The van der Waals surface area contributed by atoms with Crippen molar-refractivity contribution in [1.29, 1.82) is 0 Å². The van der Waals surface area contributed by atoms with Gasteiger partial charge >= 0.3 is 0 Å². The summed E-state index contributed by atoms with van der Waals surface area (Å²) in [5.41, 5.74) is 1.09. The molecule has 1 aromatic carbocycles. The van der Waals surface area contributed by atoms with Gasteiger partial charge in [0.1, 0.15) is 0 Å². The molecule has 1 atom stereocenters. The highest BCUT2D eigenvalue weighted by atomic mass is 32.2. The first-order valence-corrected chi connectivity index (χ1v) is 7.94. The highest BCUT2D eigenvalue weighted by Crippen LogP contribution is 2.09. The predicted octanol–water partition coefficient (Wildman–Crippen LogP) is 1.82. The lowest BCUT2D eigenvalue weighted by molar-refractivity contribution is 0.521. The summed E-state index contributed by atoms with van der Waals surface area (Å²) in [6.07, 6.45) is 4.87. The molecule has 0 aliphatic carbocycles. The van der Waals surface area contributed by atoms with E-state index in [9.17, 15) is 8.42 Å². The smallest absolute Gasteiger partial charge is 0.238 e. The molecule has 1 unspecified atom stereocenters. The number of primary sulfonamides is 1. The first kappa shape index (κ1) is 15.9. The second-order valence-corrected chi connectivity index (χ2v) is 6.22. The lowest BCUT2D eigenvalue weighted by Gasteiger charge is -2.12. The third kappa shape index (κ3) is 6.00. The van der Waals surface area contributed by atoms with Crippen LogP contribution >= 0.6 is 0 Å². The van der Waals surface area contributed by atoms with E-state index in [0.29, 0.717) is 6.04 Å². The molecule has 0 saturated heterocycles. The summed E-state index contributed by atoms with van der Waals surface area (Å²) < 4.78 is 22.2. The van der Waals surface area contributed by atoms with Crippen molar-refractivity contribution in [2.75, 3.05) is 6.54 Å². The summed E-state index contributed by atoms with van der Waals surface area (Å²) in [6.45, 7) is 6.72. The molecule has 0 radical (unpaired) electrons. The molecule has 0 heterocycles. The summed E-state index contributed by atoms with van der Waals surface area (Å²) in [5, 5.41) is 8.47. The molecule has 0 aliphatic heterocycles. The van der Waals surface area contributed by atoms with Gasteiger partial charge in [-0.15, -0.1) is 6.58 Å². The molecule has 0 aromatic heterocycles. The number of hydrogen-bond acceptors (Lipinski definition) is 3. The van der Waals surface area contributed by atoms with Gasteiger partial charge in [-0.25, -0.2) is 13.6 Å². The normalized spacial score (nSPS) is 13.2. The van der Waals surface area contributed by atoms with Crippen molar-refractivity contribution in [2.24, 2.45) is 5.14 Å². The molecule has 0 saturated carbocycles. The average molecular weight is 282 g/mol. The summed E-state index contributed by atoms with van der Waals surface area (Å²) in [7, 11) is -3.59. The molecule has 0 fully saturated rings. The maximum Gasteiger partial charge on any atom is 0.238 e. The number of hydrogen-bond donors (Lipinski definition) is 2. The first-order chi connectivity index (χ1) is 8.93. The van der Waals surface area contributed by atoms with Crippen LogP contribution in [0.25, 0.3) is 0 Å². The van der Waals surface area contributed by atoms with Crippen molar-refractivity contribution >= 4 is 10.0 Å². The zero-order chi connectivity index (χ0) is 14.3. The third-order valence-electron chi connectivity index (χ3n) is 2.96. The van der Waals surface area contributed by atoms with Gasteiger partial charge in [0.05, 0.1) is 4.90 Å². The maximum atomic E-state index is 11.1. The number of rotatable bonds is 8. The molecule has 3 N–H and O–H groups in total. The minimum Gasteiger partial charge on any atom is -0.314 e. The average Bonchev–Trinajstić information content (AvgIpc) is 2.36. The van der Waals surface area contributed by atoms with E-state index in [1.807, 2.05) is 6.08 Å². The van der Waals surface area contributed by atoms with Crippen molar-refractivity contribution in [2.45, 2.75) is 37.1 Å². The molecule has 1 rings (SSSR count). The fraction of sp³-hybridized carbons (Fsp3) is 0.429. The van der Waals surface area contributed by atoms with Crippen molar-refractivity contribution in [3.05, 3.63) is 42.5 Å². The quantitative estimate of drug-likeness (QED) is 0.714. The van der Waals surface area contributed by atoms with E-state index in [1.54, 1.807) is 24.3 Å². The number of nitrogens with two attached hydrogens (primary N) is 1. The first-order valence-electron chi connectivity index (χ1n) is 6.39. The van der Waals surface area contributed by atoms with Crippen LogP contribution in [0, 0.1) is 0 Å². The molecule has 5 heteroatoms. The van der Waals surface area contributed by atoms with Crippen LogP contribution in [0.1, 0.15) is 25.3 Å². The summed E-state index contributed by atoms with van der Waals surface area (Å²) in [4.78, 5) is 0.156. The Hall–Kier alpha value is -1.17. The van der Waals surface area contributed by atoms with Gasteiger partial charge in [0, 0.05) is 6.04 Å². The van der Waals surface area contributed by atoms with E-state index in [1.165, 1.54) is 0 Å². The van der Waals surface area contributed by atoms with Gasteiger partial charge in [-0.2, -0.15) is 0 Å². The van der Waals surface area contributed by atoms with E-state index >= 15 is 0 Å². The largest absolute Gasteiger partial charge is 0.314 e. The van der Waals surface area contributed by atoms with E-state index in [2.05, 4.69) is 18.8 Å². The lowest BCUT2D eigenvalue weighted by atomic mass is 10.1. The molecular formula is C14H22N2O2S. The molecule has 0 bridgehead atoms. The topological polar surface area (TPSA) is 72.2 Å². The molecule has 0 spiro atoms. The zero-order valence-electron chi connectivity index (χ0n) is 11.3. The Bertz CT molecular complexity index is 495. The number of benzene rings is 1. The van der Waals surface area contributed by atoms with Crippen LogP contribution in [0.4, 0.5) is 0 Å². The van der Waals surface area contributed by atoms with Gasteiger partial charge in [-0.3, -0.25) is 0 Å². The van der Waals surface area contributed by atoms with Crippen LogP contribution < -0.4 is 10.5 Å². The summed E-state index contributed by atoms with van der Waals surface area (Å²) in [6, 6.07) is 7.16. The van der Waals surface area contributed by atoms with Gasteiger partial charge < -0.3 is 5.32 Å². The Labute approximate surface area is 115 Å². The second kappa shape index (κ2) is 7.43. The summed E-state index contributed by atoms with van der Waals surface area (Å²) in [5.74, 6) is 0. The van der Waals surface area contributed by atoms with Gasteiger partial charge in [0.2, 0.25) is 10.0 Å². The fourth-order valence-corrected chi connectivity index (χ4v) is 2.29. The number of nitrogens with one attached hydrogen (secondary N) is 1. The van der Waals surface area contributed by atoms with Crippen LogP contribution in [0.3, 0.4) is 0 Å². The van der Waals surface area contributed by atoms with E-state index in [0.717, 1.165) is 31.4 Å². The number of allylic oxidation sites excluding steroid dienone is 1. The van der Waals surface area contributed by atoms with Crippen molar-refractivity contribution in [3.8, 4) is 0 Å². The Kier molecular flexibility index (Phi) is 6.21. The monoisotopic (exact) mass is 282 g/mol. The fourth-order valence-electron chi connectivity index (χ4n) is 1.78. The molecular weight excluding hydrogens is 260 g/mol. The Morgan fingerprint density at radius 3 is 2.53 bits per heavy atom. The molecule has 19 heavy (non-hydrogen) atoms. The van der Waals surface area contributed by atoms with Crippen LogP contribution in [-0.2, 0) is 16.4 Å². The number of sulfonamides is 1. The molecule has 0 aliphatic rings. The third-order valence-corrected chi connectivity index (χ3v) is 3.89. The van der Waals surface area contributed by atoms with Crippen molar-refractivity contribution in [1.82, 2.24) is 5.32 Å². The van der Waals surface area contributed by atoms with E-state index in [4.69, 9.17) is 5.14 Å². The minimum absolute atomic E-state index is 0.156. The van der Waals surface area contributed by atoms with Crippen molar-refractivity contribution in [3.63, 3.8) is 0 Å². The molecule has 106 valence electrons. The standard InChI is InChI=1S/C14H22N2O2S/c1-3-4-5-12(2)16-11-10-13-6-8-14(9-7-13)19(15,17)18/h3,6-9,12,16H,1,4-5,10-11H2,2H3,(H2,15,17,18). The van der Waals surface area contributed by atoms with Gasteiger partial charge in [-0.05, 0) is 50.4 Å².